The minimum atomic E-state index is -3.84. The van der Waals surface area contributed by atoms with E-state index in [0.29, 0.717) is 11.1 Å². The van der Waals surface area contributed by atoms with Gasteiger partial charge in [0.1, 0.15) is 6.04 Å². The van der Waals surface area contributed by atoms with Gasteiger partial charge in [0.2, 0.25) is 10.0 Å². The summed E-state index contributed by atoms with van der Waals surface area (Å²) >= 11 is 0. The van der Waals surface area contributed by atoms with Crippen LogP contribution < -0.4 is 4.72 Å². The molecule has 0 spiro atoms. The molecule has 0 fully saturated rings. The number of rotatable bonds is 4. The molecule has 0 bridgehead atoms. The molecule has 0 amide bonds. The number of carbonyl (C=O) groups is 1. The van der Waals surface area contributed by atoms with Crippen molar-refractivity contribution in [3.05, 3.63) is 28.3 Å². The molecular formula is C13H19NO4S. The van der Waals surface area contributed by atoms with E-state index >= 15 is 0 Å². The molecular weight excluding hydrogens is 266 g/mol. The van der Waals surface area contributed by atoms with Crippen LogP contribution in [0.15, 0.2) is 11.0 Å². The van der Waals surface area contributed by atoms with Gasteiger partial charge in [0, 0.05) is 0 Å². The lowest BCUT2D eigenvalue weighted by Crippen LogP contribution is -2.39. The van der Waals surface area contributed by atoms with Crippen molar-refractivity contribution in [2.45, 2.75) is 45.6 Å². The molecule has 1 aromatic rings. The number of aryl methyl sites for hydroxylation is 2. The van der Waals surface area contributed by atoms with Crippen LogP contribution in [0.4, 0.5) is 0 Å². The monoisotopic (exact) mass is 285 g/mol. The Hall–Kier alpha value is -1.40. The Kier molecular flexibility index (Phi) is 4.37. The van der Waals surface area contributed by atoms with Gasteiger partial charge in [0.25, 0.3) is 0 Å². The summed E-state index contributed by atoms with van der Waals surface area (Å²) in [5.41, 5.74) is 3.03. The second kappa shape index (κ2) is 5.30. The maximum atomic E-state index is 12.3. The lowest BCUT2D eigenvalue weighted by atomic mass is 10.0. The molecule has 2 N–H and O–H groups in total. The van der Waals surface area contributed by atoms with Crippen LogP contribution in [0.3, 0.4) is 0 Å². The summed E-state index contributed by atoms with van der Waals surface area (Å²) in [6.45, 7) is 8.42. The average molecular weight is 285 g/mol. The molecule has 1 atom stereocenters. The third-order valence-corrected chi connectivity index (χ3v) is 5.08. The Balaban J connectivity index is 3.41. The Morgan fingerprint density at radius 3 is 1.95 bits per heavy atom. The van der Waals surface area contributed by atoms with Gasteiger partial charge in [0.15, 0.2) is 0 Å². The summed E-state index contributed by atoms with van der Waals surface area (Å²) in [5.74, 6) is -1.21. The zero-order chi connectivity index (χ0) is 15.0. The van der Waals surface area contributed by atoms with Crippen LogP contribution in [-0.4, -0.2) is 25.5 Å². The number of carboxylic acid groups (broad SMARTS) is 1. The van der Waals surface area contributed by atoms with Gasteiger partial charge in [-0.05, 0) is 56.9 Å². The number of carboxylic acids is 1. The van der Waals surface area contributed by atoms with E-state index in [9.17, 15) is 13.2 Å². The molecule has 0 aliphatic heterocycles. The van der Waals surface area contributed by atoms with E-state index in [-0.39, 0.29) is 4.90 Å². The van der Waals surface area contributed by atoms with E-state index < -0.39 is 22.0 Å². The van der Waals surface area contributed by atoms with Crippen molar-refractivity contribution in [3.8, 4) is 0 Å². The van der Waals surface area contributed by atoms with Gasteiger partial charge in [-0.1, -0.05) is 6.07 Å². The minimum Gasteiger partial charge on any atom is -0.480 e. The molecule has 0 radical (unpaired) electrons. The first-order valence-corrected chi connectivity index (χ1v) is 7.38. The molecule has 0 aliphatic carbocycles. The van der Waals surface area contributed by atoms with Crippen molar-refractivity contribution in [2.24, 2.45) is 0 Å². The highest BCUT2D eigenvalue weighted by Gasteiger charge is 2.26. The lowest BCUT2D eigenvalue weighted by molar-refractivity contribution is -0.138. The summed E-state index contributed by atoms with van der Waals surface area (Å²) in [7, 11) is -3.84. The predicted molar refractivity (Wildman–Crippen MR) is 72.8 cm³/mol. The third-order valence-electron chi connectivity index (χ3n) is 3.27. The zero-order valence-electron chi connectivity index (χ0n) is 11.7. The summed E-state index contributed by atoms with van der Waals surface area (Å²) in [6, 6.07) is 0.759. The summed E-state index contributed by atoms with van der Waals surface area (Å²) in [4.78, 5) is 11.0. The van der Waals surface area contributed by atoms with E-state index in [2.05, 4.69) is 4.72 Å². The van der Waals surface area contributed by atoms with E-state index in [1.165, 1.54) is 6.92 Å². The molecule has 0 unspecified atom stereocenters. The van der Waals surface area contributed by atoms with Gasteiger partial charge in [0.05, 0.1) is 4.90 Å². The van der Waals surface area contributed by atoms with Crippen molar-refractivity contribution in [1.29, 1.82) is 0 Å². The highest BCUT2D eigenvalue weighted by atomic mass is 32.2. The highest BCUT2D eigenvalue weighted by molar-refractivity contribution is 7.89. The van der Waals surface area contributed by atoms with Crippen molar-refractivity contribution in [1.82, 2.24) is 4.72 Å². The van der Waals surface area contributed by atoms with Gasteiger partial charge in [-0.3, -0.25) is 4.79 Å². The van der Waals surface area contributed by atoms with Crippen molar-refractivity contribution < 1.29 is 18.3 Å². The van der Waals surface area contributed by atoms with Crippen LogP contribution in [0.1, 0.15) is 29.2 Å². The van der Waals surface area contributed by atoms with Crippen molar-refractivity contribution in [2.75, 3.05) is 0 Å². The minimum absolute atomic E-state index is 0.179. The second-order valence-corrected chi connectivity index (χ2v) is 6.42. The summed E-state index contributed by atoms with van der Waals surface area (Å²) < 4.78 is 26.8. The topological polar surface area (TPSA) is 83.5 Å². The number of nitrogens with one attached hydrogen (secondary N) is 1. The molecule has 0 saturated heterocycles. The van der Waals surface area contributed by atoms with Crippen LogP contribution in [0.25, 0.3) is 0 Å². The van der Waals surface area contributed by atoms with Crippen molar-refractivity contribution in [3.63, 3.8) is 0 Å². The van der Waals surface area contributed by atoms with Gasteiger partial charge in [-0.15, -0.1) is 0 Å². The first kappa shape index (κ1) is 15.7. The largest absolute Gasteiger partial charge is 0.480 e. The molecule has 5 nitrogen and oxygen atoms in total. The van der Waals surface area contributed by atoms with Crippen LogP contribution in [0.5, 0.6) is 0 Å². The standard InChI is InChI=1S/C13H19NO4S/c1-7-6-8(2)10(4)12(9(7)3)19(17,18)14-11(5)13(15)16/h6,11,14H,1-5H3,(H,15,16)/t11-/m1/s1. The fourth-order valence-electron chi connectivity index (χ4n) is 1.93. The molecule has 0 aliphatic rings. The van der Waals surface area contributed by atoms with Gasteiger partial charge >= 0.3 is 5.97 Å². The van der Waals surface area contributed by atoms with Crippen LogP contribution in [0, 0.1) is 27.7 Å². The molecule has 0 heterocycles. The molecule has 0 aromatic heterocycles. The lowest BCUT2D eigenvalue weighted by Gasteiger charge is -2.17. The highest BCUT2D eigenvalue weighted by Crippen LogP contribution is 2.26. The quantitative estimate of drug-likeness (QED) is 0.881. The van der Waals surface area contributed by atoms with Crippen LogP contribution in [-0.2, 0) is 14.8 Å². The summed E-state index contributed by atoms with van der Waals surface area (Å²) in [6.07, 6.45) is 0. The van der Waals surface area contributed by atoms with Gasteiger partial charge < -0.3 is 5.11 Å². The molecule has 1 rings (SSSR count). The fourth-order valence-corrected chi connectivity index (χ4v) is 3.74. The van der Waals surface area contributed by atoms with Crippen LogP contribution >= 0.6 is 0 Å². The van der Waals surface area contributed by atoms with E-state index in [1.54, 1.807) is 13.8 Å². The van der Waals surface area contributed by atoms with E-state index in [1.807, 2.05) is 19.9 Å². The first-order chi connectivity index (χ1) is 8.58. The molecule has 19 heavy (non-hydrogen) atoms. The SMILES string of the molecule is Cc1cc(C)c(C)c(S(=O)(=O)N[C@H](C)C(=O)O)c1C. The Bertz CT molecular complexity index is 594. The third kappa shape index (κ3) is 3.13. The molecule has 106 valence electrons. The predicted octanol–water partition coefficient (Wildman–Crippen LogP) is 1.67. The van der Waals surface area contributed by atoms with E-state index in [4.69, 9.17) is 5.11 Å². The molecule has 0 saturated carbocycles. The number of hydrogen-bond acceptors (Lipinski definition) is 3. The zero-order valence-corrected chi connectivity index (χ0v) is 12.6. The Labute approximate surface area is 113 Å². The first-order valence-electron chi connectivity index (χ1n) is 5.90. The van der Waals surface area contributed by atoms with E-state index in [0.717, 1.165) is 11.1 Å². The number of sulfonamides is 1. The van der Waals surface area contributed by atoms with Gasteiger partial charge in [-0.25, -0.2) is 8.42 Å². The Morgan fingerprint density at radius 1 is 1.16 bits per heavy atom. The maximum absolute atomic E-state index is 12.3. The Morgan fingerprint density at radius 2 is 1.58 bits per heavy atom. The smallest absolute Gasteiger partial charge is 0.321 e. The average Bonchev–Trinajstić information content (AvgIpc) is 2.25. The number of hydrogen-bond donors (Lipinski definition) is 2. The normalized spacial score (nSPS) is 13.3. The van der Waals surface area contributed by atoms with Gasteiger partial charge in [-0.2, -0.15) is 4.72 Å². The van der Waals surface area contributed by atoms with Crippen molar-refractivity contribution >= 4 is 16.0 Å². The second-order valence-electron chi connectivity index (χ2n) is 4.77. The fraction of sp³-hybridized carbons (Fsp3) is 0.462. The number of benzene rings is 1. The molecule has 6 heteroatoms. The van der Waals surface area contributed by atoms with Crippen LogP contribution in [0.2, 0.25) is 0 Å². The maximum Gasteiger partial charge on any atom is 0.321 e. The summed E-state index contributed by atoms with van der Waals surface area (Å²) in [5, 5.41) is 8.81. The molecule has 1 aromatic carbocycles. The number of aliphatic carboxylic acids is 1.